The zero-order valence-corrected chi connectivity index (χ0v) is 11.3. The van der Waals surface area contributed by atoms with E-state index < -0.39 is 0 Å². The molecule has 0 radical (unpaired) electrons. The van der Waals surface area contributed by atoms with Crippen molar-refractivity contribution in [3.63, 3.8) is 0 Å². The number of rotatable bonds is 4. The van der Waals surface area contributed by atoms with E-state index in [9.17, 15) is 5.11 Å². The number of nitrogens with zero attached hydrogens (tertiary/aromatic N) is 1. The number of hydrogen-bond acceptors (Lipinski definition) is 2. The summed E-state index contributed by atoms with van der Waals surface area (Å²) < 4.78 is 0.486. The molecule has 0 bridgehead atoms. The summed E-state index contributed by atoms with van der Waals surface area (Å²) in [7, 11) is 2.03. The number of hydrogen-bond donors (Lipinski definition) is 3. The van der Waals surface area contributed by atoms with Gasteiger partial charge in [-0.15, -0.1) is 0 Å². The molecular weight excluding hydrogens is 226 g/mol. The van der Waals surface area contributed by atoms with Gasteiger partial charge in [0.1, 0.15) is 18.3 Å². The zero-order chi connectivity index (χ0) is 13.3. The molecule has 0 aliphatic heterocycles. The molecule has 0 aliphatic rings. The van der Waals surface area contributed by atoms with E-state index in [0.29, 0.717) is 16.4 Å². The molecule has 18 heavy (non-hydrogen) atoms. The first kappa shape index (κ1) is 12.9. The zero-order valence-electron chi connectivity index (χ0n) is 11.3. The number of aromatic amines is 1. The minimum absolute atomic E-state index is 0.333. The monoisotopic (exact) mass is 248 g/mol. The van der Waals surface area contributed by atoms with Gasteiger partial charge in [-0.3, -0.25) is 0 Å². The van der Waals surface area contributed by atoms with Crippen LogP contribution in [-0.2, 0) is 6.42 Å². The minimum atomic E-state index is 0.333. The van der Waals surface area contributed by atoms with Crippen LogP contribution in [0.2, 0.25) is 0 Å². The first-order valence-electron chi connectivity index (χ1n) is 6.33. The van der Waals surface area contributed by atoms with Crippen molar-refractivity contribution in [2.75, 3.05) is 13.6 Å². The molecule has 0 amide bonds. The van der Waals surface area contributed by atoms with Gasteiger partial charge in [-0.1, -0.05) is 6.07 Å². The number of likely N-dealkylation sites (N-methyl/N-ethyl adjacent to an activating group) is 1. The lowest BCUT2D eigenvalue weighted by Crippen LogP contribution is -2.56. The van der Waals surface area contributed by atoms with Gasteiger partial charge in [-0.05, 0) is 31.5 Å². The maximum Gasteiger partial charge on any atom is 0.125 e. The number of aromatic nitrogens is 1. The summed E-state index contributed by atoms with van der Waals surface area (Å²) in [5.41, 5.74) is 2.10. The Hall–Kier alpha value is -1.52. The average molecular weight is 248 g/mol. The van der Waals surface area contributed by atoms with Crippen molar-refractivity contribution in [3.05, 3.63) is 30.0 Å². The van der Waals surface area contributed by atoms with Gasteiger partial charge in [0.15, 0.2) is 0 Å². The molecule has 2 rings (SSSR count). The third kappa shape index (κ3) is 2.35. The number of nitrogens with one attached hydrogen (secondary N) is 1. The molecule has 0 saturated carbocycles. The highest BCUT2D eigenvalue weighted by Crippen LogP contribution is 2.28. The third-order valence-electron chi connectivity index (χ3n) is 3.81. The Labute approximate surface area is 108 Å². The standard InChI is InChI=1S/C14H21N3O/c1-10(2)17(3,15)8-7-11-9-16-12-5-4-6-13(18)14(11)12/h4-6,9-10,16H,7-8,15H2,1-3H3/p+1. The van der Waals surface area contributed by atoms with Crippen molar-refractivity contribution in [1.29, 1.82) is 0 Å². The number of nitrogens with two attached hydrogens (primary N) is 1. The van der Waals surface area contributed by atoms with Crippen LogP contribution in [-0.4, -0.2) is 34.3 Å². The first-order chi connectivity index (χ1) is 8.42. The number of quaternary nitrogens is 1. The molecule has 1 aromatic carbocycles. The Morgan fingerprint density at radius 3 is 2.78 bits per heavy atom. The molecule has 0 saturated heterocycles. The Balaban J connectivity index is 2.23. The number of aromatic hydroxyl groups is 1. The molecule has 0 aliphatic carbocycles. The van der Waals surface area contributed by atoms with E-state index in [0.717, 1.165) is 29.4 Å². The predicted molar refractivity (Wildman–Crippen MR) is 74.0 cm³/mol. The Bertz CT molecular complexity index is 543. The number of fused-ring (bicyclic) bond motifs is 1. The first-order valence-corrected chi connectivity index (χ1v) is 6.33. The van der Waals surface area contributed by atoms with Gasteiger partial charge in [0.25, 0.3) is 0 Å². The van der Waals surface area contributed by atoms with Crippen molar-refractivity contribution >= 4 is 10.9 Å². The van der Waals surface area contributed by atoms with Crippen LogP contribution in [0.1, 0.15) is 19.4 Å². The molecule has 4 heteroatoms. The van der Waals surface area contributed by atoms with E-state index >= 15 is 0 Å². The molecule has 1 atom stereocenters. The summed E-state index contributed by atoms with van der Waals surface area (Å²) in [4.78, 5) is 3.19. The van der Waals surface area contributed by atoms with Crippen LogP contribution in [0.25, 0.3) is 10.9 Å². The van der Waals surface area contributed by atoms with Gasteiger partial charge in [-0.2, -0.15) is 5.84 Å². The van der Waals surface area contributed by atoms with Crippen molar-refractivity contribution in [2.24, 2.45) is 5.84 Å². The van der Waals surface area contributed by atoms with Crippen LogP contribution in [0, 0.1) is 0 Å². The topological polar surface area (TPSA) is 62.0 Å². The molecule has 0 spiro atoms. The largest absolute Gasteiger partial charge is 0.507 e. The second kappa shape index (κ2) is 4.63. The fraction of sp³-hybridized carbons (Fsp3) is 0.429. The number of phenols is 1. The summed E-state index contributed by atoms with van der Waals surface area (Å²) >= 11 is 0. The number of benzene rings is 1. The van der Waals surface area contributed by atoms with Crippen LogP contribution >= 0.6 is 0 Å². The molecule has 98 valence electrons. The number of H-pyrrole nitrogens is 1. The quantitative estimate of drug-likeness (QED) is 0.441. The smallest absolute Gasteiger partial charge is 0.125 e. The van der Waals surface area contributed by atoms with E-state index in [4.69, 9.17) is 5.84 Å². The van der Waals surface area contributed by atoms with Crippen LogP contribution in [0.3, 0.4) is 0 Å². The molecule has 1 heterocycles. The van der Waals surface area contributed by atoms with Gasteiger partial charge in [-0.25, -0.2) is 4.59 Å². The molecule has 4 nitrogen and oxygen atoms in total. The summed E-state index contributed by atoms with van der Waals surface area (Å²) in [6.07, 6.45) is 2.81. The molecule has 1 aromatic heterocycles. The van der Waals surface area contributed by atoms with Crippen molar-refractivity contribution in [2.45, 2.75) is 26.3 Å². The second-order valence-corrected chi connectivity index (χ2v) is 5.43. The summed E-state index contributed by atoms with van der Waals surface area (Å²) in [5, 5.41) is 10.8. The van der Waals surface area contributed by atoms with E-state index in [-0.39, 0.29) is 0 Å². The van der Waals surface area contributed by atoms with Crippen molar-refractivity contribution in [1.82, 2.24) is 4.98 Å². The highest BCUT2D eigenvalue weighted by Gasteiger charge is 2.21. The molecular formula is C14H22N3O+. The van der Waals surface area contributed by atoms with Crippen molar-refractivity contribution < 1.29 is 9.70 Å². The van der Waals surface area contributed by atoms with Crippen LogP contribution in [0.5, 0.6) is 5.75 Å². The van der Waals surface area contributed by atoms with Crippen molar-refractivity contribution in [3.8, 4) is 5.75 Å². The lowest BCUT2D eigenvalue weighted by atomic mass is 10.1. The molecule has 1 unspecified atom stereocenters. The fourth-order valence-corrected chi connectivity index (χ4v) is 2.05. The summed E-state index contributed by atoms with van der Waals surface area (Å²) in [6.45, 7) is 5.08. The van der Waals surface area contributed by atoms with Gasteiger partial charge in [0.05, 0.1) is 7.05 Å². The normalized spacial score (nSPS) is 15.2. The lowest BCUT2D eigenvalue weighted by Gasteiger charge is -2.32. The Morgan fingerprint density at radius 1 is 1.39 bits per heavy atom. The maximum absolute atomic E-state index is 9.92. The molecule has 0 fully saturated rings. The van der Waals surface area contributed by atoms with Crippen LogP contribution in [0.4, 0.5) is 0 Å². The van der Waals surface area contributed by atoms with E-state index in [2.05, 4.69) is 18.8 Å². The van der Waals surface area contributed by atoms with Gasteiger partial charge in [0, 0.05) is 23.5 Å². The number of phenolic OH excluding ortho intramolecular Hbond substituents is 1. The van der Waals surface area contributed by atoms with Crippen LogP contribution < -0.4 is 5.84 Å². The lowest BCUT2D eigenvalue weighted by molar-refractivity contribution is -0.941. The highest BCUT2D eigenvalue weighted by atomic mass is 16.3. The van der Waals surface area contributed by atoms with E-state index in [1.807, 2.05) is 25.4 Å². The summed E-state index contributed by atoms with van der Waals surface area (Å²) in [5.74, 6) is 6.56. The predicted octanol–water partition coefficient (Wildman–Crippen LogP) is 2.14. The maximum atomic E-state index is 9.92. The SMILES string of the molecule is CC(C)[N+](C)(N)CCc1c[nH]c2cccc(O)c12. The third-order valence-corrected chi connectivity index (χ3v) is 3.81. The highest BCUT2D eigenvalue weighted by molar-refractivity contribution is 5.88. The van der Waals surface area contributed by atoms with E-state index in [1.54, 1.807) is 6.07 Å². The molecule has 2 aromatic rings. The minimum Gasteiger partial charge on any atom is -0.507 e. The van der Waals surface area contributed by atoms with Gasteiger partial charge >= 0.3 is 0 Å². The fourth-order valence-electron chi connectivity index (χ4n) is 2.05. The Kier molecular flexibility index (Phi) is 3.32. The second-order valence-electron chi connectivity index (χ2n) is 5.43. The van der Waals surface area contributed by atoms with Gasteiger partial charge in [0.2, 0.25) is 0 Å². The van der Waals surface area contributed by atoms with E-state index in [1.165, 1.54) is 0 Å². The summed E-state index contributed by atoms with van der Waals surface area (Å²) in [6, 6.07) is 5.91. The Morgan fingerprint density at radius 2 is 2.11 bits per heavy atom. The van der Waals surface area contributed by atoms with Gasteiger partial charge < -0.3 is 10.1 Å². The molecule has 4 N–H and O–H groups in total. The average Bonchev–Trinajstić information content (AvgIpc) is 2.71. The van der Waals surface area contributed by atoms with Crippen LogP contribution in [0.15, 0.2) is 24.4 Å².